The van der Waals surface area contributed by atoms with Gasteiger partial charge in [-0.3, -0.25) is 4.79 Å². The van der Waals surface area contributed by atoms with Crippen molar-refractivity contribution in [3.63, 3.8) is 0 Å². The first-order chi connectivity index (χ1) is 10.0. The van der Waals surface area contributed by atoms with Crippen molar-refractivity contribution < 1.29 is 4.79 Å². The second-order valence-corrected chi connectivity index (χ2v) is 5.92. The quantitative estimate of drug-likeness (QED) is 0.875. The van der Waals surface area contributed by atoms with Gasteiger partial charge in [0.15, 0.2) is 0 Å². The zero-order chi connectivity index (χ0) is 15.0. The molecule has 5 heteroatoms. The Kier molecular flexibility index (Phi) is 3.51. The Hall–Kier alpha value is -2.14. The van der Waals surface area contributed by atoms with E-state index in [-0.39, 0.29) is 6.04 Å². The predicted octanol–water partition coefficient (Wildman–Crippen LogP) is 1.51. The molecule has 110 valence electrons. The molecule has 1 saturated heterocycles. The molecule has 1 aliphatic heterocycles. The molecule has 21 heavy (non-hydrogen) atoms. The third-order valence-electron chi connectivity index (χ3n) is 3.98. The van der Waals surface area contributed by atoms with Crippen LogP contribution in [0.1, 0.15) is 23.7 Å². The summed E-state index contributed by atoms with van der Waals surface area (Å²) in [7, 11) is 0. The molecule has 1 aromatic heterocycles. The number of rotatable bonds is 2. The number of primary amides is 1. The van der Waals surface area contributed by atoms with Crippen LogP contribution in [-0.4, -0.2) is 30.0 Å². The lowest BCUT2D eigenvalue weighted by molar-refractivity contribution is 0.100. The second-order valence-electron chi connectivity index (χ2n) is 5.92. The molecule has 1 aliphatic rings. The Morgan fingerprint density at radius 1 is 1.33 bits per heavy atom. The van der Waals surface area contributed by atoms with Crippen LogP contribution in [0.4, 0.5) is 5.82 Å². The van der Waals surface area contributed by atoms with Crippen molar-refractivity contribution in [1.29, 1.82) is 0 Å². The minimum absolute atomic E-state index is 0.138. The van der Waals surface area contributed by atoms with Crippen molar-refractivity contribution in [3.8, 4) is 0 Å². The average Bonchev–Trinajstić information content (AvgIpc) is 2.45. The highest BCUT2D eigenvalue weighted by atomic mass is 16.1. The smallest absolute Gasteiger partial charge is 0.249 e. The molecule has 1 fully saturated rings. The molecule has 2 atom stereocenters. The van der Waals surface area contributed by atoms with Crippen LogP contribution in [0.5, 0.6) is 0 Å². The van der Waals surface area contributed by atoms with E-state index in [0.717, 1.165) is 36.2 Å². The molecule has 3 rings (SSSR count). The van der Waals surface area contributed by atoms with E-state index < -0.39 is 5.91 Å². The molecular formula is C16H20N4O. The van der Waals surface area contributed by atoms with Gasteiger partial charge in [0.25, 0.3) is 0 Å². The number of anilines is 1. The van der Waals surface area contributed by atoms with Gasteiger partial charge in [0.1, 0.15) is 5.82 Å². The maximum atomic E-state index is 11.7. The van der Waals surface area contributed by atoms with Gasteiger partial charge in [-0.25, -0.2) is 4.98 Å². The number of pyridine rings is 1. The molecule has 0 radical (unpaired) electrons. The molecule has 0 spiro atoms. The lowest BCUT2D eigenvalue weighted by Crippen LogP contribution is -2.46. The third-order valence-corrected chi connectivity index (χ3v) is 3.98. The van der Waals surface area contributed by atoms with E-state index in [9.17, 15) is 4.79 Å². The molecule has 0 aliphatic carbocycles. The SMILES string of the molecule is CC1CC(N)CN(c2cc(C(N)=O)c3ccccc3n2)C1. The van der Waals surface area contributed by atoms with Crippen molar-refractivity contribution in [1.82, 2.24) is 4.98 Å². The summed E-state index contributed by atoms with van der Waals surface area (Å²) in [5.74, 6) is 0.868. The number of para-hydroxylation sites is 1. The summed E-state index contributed by atoms with van der Waals surface area (Å²) in [5, 5.41) is 0.795. The summed E-state index contributed by atoms with van der Waals surface area (Å²) >= 11 is 0. The van der Waals surface area contributed by atoms with Gasteiger partial charge in [0.05, 0.1) is 11.1 Å². The first kappa shape index (κ1) is 13.8. The highest BCUT2D eigenvalue weighted by molar-refractivity contribution is 6.06. The van der Waals surface area contributed by atoms with Gasteiger partial charge in [-0.2, -0.15) is 0 Å². The zero-order valence-electron chi connectivity index (χ0n) is 12.1. The van der Waals surface area contributed by atoms with Crippen LogP contribution in [0, 0.1) is 5.92 Å². The normalized spacial score (nSPS) is 22.5. The Morgan fingerprint density at radius 2 is 2.10 bits per heavy atom. The van der Waals surface area contributed by atoms with Crippen LogP contribution in [-0.2, 0) is 0 Å². The summed E-state index contributed by atoms with van der Waals surface area (Å²) in [6.07, 6.45) is 1.02. The Morgan fingerprint density at radius 3 is 2.81 bits per heavy atom. The largest absolute Gasteiger partial charge is 0.366 e. The Bertz CT molecular complexity index is 675. The molecular weight excluding hydrogens is 264 g/mol. The molecule has 2 heterocycles. The van der Waals surface area contributed by atoms with Crippen molar-refractivity contribution in [2.75, 3.05) is 18.0 Å². The van der Waals surface area contributed by atoms with Gasteiger partial charge in [-0.1, -0.05) is 25.1 Å². The van der Waals surface area contributed by atoms with E-state index in [1.807, 2.05) is 24.3 Å². The van der Waals surface area contributed by atoms with Crippen molar-refractivity contribution in [2.45, 2.75) is 19.4 Å². The number of hydrogen-bond donors (Lipinski definition) is 2. The number of piperidine rings is 1. The molecule has 0 bridgehead atoms. The molecule has 1 amide bonds. The van der Waals surface area contributed by atoms with Crippen LogP contribution in [0.25, 0.3) is 10.9 Å². The minimum Gasteiger partial charge on any atom is -0.366 e. The molecule has 4 N–H and O–H groups in total. The van der Waals surface area contributed by atoms with E-state index in [2.05, 4.69) is 16.8 Å². The van der Waals surface area contributed by atoms with Crippen molar-refractivity contribution in [3.05, 3.63) is 35.9 Å². The fourth-order valence-corrected chi connectivity index (χ4v) is 3.11. The van der Waals surface area contributed by atoms with E-state index >= 15 is 0 Å². The Labute approximate surface area is 123 Å². The number of carbonyl (C=O) groups is 1. The second kappa shape index (κ2) is 5.33. The number of benzene rings is 1. The standard InChI is InChI=1S/C16H20N4O/c1-10-6-11(17)9-20(8-10)15-7-13(16(18)21)12-4-2-3-5-14(12)19-15/h2-5,7,10-11H,6,8-9,17H2,1H3,(H2,18,21). The first-order valence-corrected chi connectivity index (χ1v) is 7.24. The van der Waals surface area contributed by atoms with E-state index in [4.69, 9.17) is 11.5 Å². The van der Waals surface area contributed by atoms with Gasteiger partial charge in [0, 0.05) is 24.5 Å². The monoisotopic (exact) mass is 284 g/mol. The van der Waals surface area contributed by atoms with Gasteiger partial charge in [0.2, 0.25) is 5.91 Å². The Balaban J connectivity index is 2.08. The molecule has 2 aromatic rings. The number of nitrogens with zero attached hydrogens (tertiary/aromatic N) is 2. The van der Waals surface area contributed by atoms with Crippen LogP contribution in [0.3, 0.4) is 0 Å². The van der Waals surface area contributed by atoms with Crippen molar-refractivity contribution in [2.24, 2.45) is 17.4 Å². The predicted molar refractivity (Wildman–Crippen MR) is 84.2 cm³/mol. The topological polar surface area (TPSA) is 85.2 Å². The maximum Gasteiger partial charge on any atom is 0.249 e. The van der Waals surface area contributed by atoms with Gasteiger partial charge < -0.3 is 16.4 Å². The number of nitrogens with two attached hydrogens (primary N) is 2. The average molecular weight is 284 g/mol. The maximum absolute atomic E-state index is 11.7. The first-order valence-electron chi connectivity index (χ1n) is 7.24. The van der Waals surface area contributed by atoms with Crippen molar-refractivity contribution >= 4 is 22.6 Å². The number of amides is 1. The van der Waals surface area contributed by atoms with E-state index in [1.54, 1.807) is 6.07 Å². The van der Waals surface area contributed by atoms with Gasteiger partial charge in [-0.05, 0) is 24.5 Å². The van der Waals surface area contributed by atoms with Gasteiger partial charge >= 0.3 is 0 Å². The number of aromatic nitrogens is 1. The van der Waals surface area contributed by atoms with Crippen LogP contribution < -0.4 is 16.4 Å². The number of hydrogen-bond acceptors (Lipinski definition) is 4. The highest BCUT2D eigenvalue weighted by Crippen LogP contribution is 2.26. The lowest BCUT2D eigenvalue weighted by Gasteiger charge is -2.35. The van der Waals surface area contributed by atoms with Crippen LogP contribution >= 0.6 is 0 Å². The summed E-state index contributed by atoms with van der Waals surface area (Å²) in [6.45, 7) is 3.84. The summed E-state index contributed by atoms with van der Waals surface area (Å²) in [5.41, 5.74) is 12.9. The summed E-state index contributed by atoms with van der Waals surface area (Å²) in [4.78, 5) is 18.6. The molecule has 1 aromatic carbocycles. The fourth-order valence-electron chi connectivity index (χ4n) is 3.11. The lowest BCUT2D eigenvalue weighted by atomic mass is 9.96. The van der Waals surface area contributed by atoms with Crippen LogP contribution in [0.2, 0.25) is 0 Å². The number of fused-ring (bicyclic) bond motifs is 1. The highest BCUT2D eigenvalue weighted by Gasteiger charge is 2.24. The summed E-state index contributed by atoms with van der Waals surface area (Å²) < 4.78 is 0. The number of carbonyl (C=O) groups excluding carboxylic acids is 1. The van der Waals surface area contributed by atoms with Gasteiger partial charge in [-0.15, -0.1) is 0 Å². The third kappa shape index (κ3) is 2.69. The van der Waals surface area contributed by atoms with Crippen LogP contribution in [0.15, 0.2) is 30.3 Å². The molecule has 5 nitrogen and oxygen atoms in total. The summed E-state index contributed by atoms with van der Waals surface area (Å²) in [6, 6.07) is 9.49. The van der Waals surface area contributed by atoms with E-state index in [1.165, 1.54) is 0 Å². The minimum atomic E-state index is -0.427. The van der Waals surface area contributed by atoms with E-state index in [0.29, 0.717) is 11.5 Å². The zero-order valence-corrected chi connectivity index (χ0v) is 12.1. The molecule has 0 saturated carbocycles. The fraction of sp³-hybridized carbons (Fsp3) is 0.375. The molecule has 2 unspecified atom stereocenters.